The van der Waals surface area contributed by atoms with Crippen molar-refractivity contribution < 1.29 is 9.53 Å². The Balaban J connectivity index is 0.00000169. The maximum atomic E-state index is 12.3. The molecule has 2 saturated carbocycles. The van der Waals surface area contributed by atoms with E-state index in [1.54, 1.807) is 11.3 Å². The van der Waals surface area contributed by atoms with Gasteiger partial charge in [-0.05, 0) is 38.2 Å². The zero-order chi connectivity index (χ0) is 15.6. The molecule has 4 nitrogen and oxygen atoms in total. The van der Waals surface area contributed by atoms with Crippen LogP contribution < -0.4 is 10.6 Å². The van der Waals surface area contributed by atoms with Gasteiger partial charge in [0.1, 0.15) is 0 Å². The fourth-order valence-corrected chi connectivity index (χ4v) is 4.93. The molecule has 3 aliphatic rings. The molecule has 1 aromatic heterocycles. The van der Waals surface area contributed by atoms with Crippen LogP contribution in [0.4, 0.5) is 0 Å². The van der Waals surface area contributed by atoms with E-state index in [9.17, 15) is 4.79 Å². The number of carbonyl (C=O) groups is 1. The van der Waals surface area contributed by atoms with Crippen LogP contribution in [-0.2, 0) is 4.74 Å². The first kappa shape index (κ1) is 18.2. The third kappa shape index (κ3) is 4.31. The first-order valence-electron chi connectivity index (χ1n) is 9.02. The number of ether oxygens (including phenoxy) is 1. The minimum Gasteiger partial charge on any atom is -0.381 e. The molecule has 2 N–H and O–H groups in total. The van der Waals surface area contributed by atoms with Crippen LogP contribution in [0.3, 0.4) is 0 Å². The zero-order valence-electron chi connectivity index (χ0n) is 14.0. The zero-order valence-corrected chi connectivity index (χ0v) is 15.6. The van der Waals surface area contributed by atoms with Gasteiger partial charge in [-0.15, -0.1) is 23.7 Å². The van der Waals surface area contributed by atoms with Gasteiger partial charge in [-0.1, -0.05) is 12.8 Å². The lowest BCUT2D eigenvalue weighted by Crippen LogP contribution is -2.36. The molecular formula is C18H27ClN2O2S. The fourth-order valence-electron chi connectivity index (χ4n) is 3.87. The lowest BCUT2D eigenvalue weighted by molar-refractivity contribution is 0.0774. The van der Waals surface area contributed by atoms with Gasteiger partial charge in [0.15, 0.2) is 0 Å². The van der Waals surface area contributed by atoms with Crippen molar-refractivity contribution in [1.82, 2.24) is 10.6 Å². The van der Waals surface area contributed by atoms with Crippen LogP contribution in [0.5, 0.6) is 0 Å². The van der Waals surface area contributed by atoms with E-state index in [-0.39, 0.29) is 18.3 Å². The first-order valence-corrected chi connectivity index (χ1v) is 9.90. The summed E-state index contributed by atoms with van der Waals surface area (Å²) in [6, 6.07) is 3.73. The number of nitrogens with one attached hydrogen (secondary N) is 2. The molecular weight excluding hydrogens is 344 g/mol. The van der Waals surface area contributed by atoms with Gasteiger partial charge in [0, 0.05) is 47.5 Å². The number of hydrogen-bond donors (Lipinski definition) is 2. The fraction of sp³-hybridized carbons (Fsp3) is 0.722. The molecule has 0 bridgehead atoms. The molecule has 3 fully saturated rings. The van der Waals surface area contributed by atoms with E-state index in [2.05, 4.69) is 16.7 Å². The molecule has 0 unspecified atom stereocenters. The summed E-state index contributed by atoms with van der Waals surface area (Å²) in [5.41, 5.74) is 0.855. The van der Waals surface area contributed by atoms with Crippen LogP contribution in [-0.4, -0.2) is 37.2 Å². The Morgan fingerprint density at radius 1 is 1.12 bits per heavy atom. The van der Waals surface area contributed by atoms with Crippen LogP contribution in [0.25, 0.3) is 0 Å². The normalized spacial score (nSPS) is 27.7. The average Bonchev–Trinajstić information content (AvgIpc) is 2.98. The monoisotopic (exact) mass is 370 g/mol. The maximum Gasteiger partial charge on any atom is 0.252 e. The second-order valence-electron chi connectivity index (χ2n) is 7.19. The molecule has 4 rings (SSSR count). The average molecular weight is 371 g/mol. The van der Waals surface area contributed by atoms with E-state index in [1.165, 1.54) is 24.1 Å². The van der Waals surface area contributed by atoms with Crippen molar-refractivity contribution in [2.24, 2.45) is 0 Å². The number of halogens is 1. The molecule has 1 aromatic rings. The van der Waals surface area contributed by atoms with E-state index >= 15 is 0 Å². The molecule has 134 valence electrons. The Bertz CT molecular complexity index is 553. The van der Waals surface area contributed by atoms with E-state index in [1.807, 2.05) is 5.38 Å². The topological polar surface area (TPSA) is 50.4 Å². The van der Waals surface area contributed by atoms with Crippen molar-refractivity contribution in [3.63, 3.8) is 0 Å². The van der Waals surface area contributed by atoms with Crippen molar-refractivity contribution in [3.8, 4) is 0 Å². The van der Waals surface area contributed by atoms with Crippen molar-refractivity contribution in [2.75, 3.05) is 13.2 Å². The van der Waals surface area contributed by atoms with Crippen LogP contribution in [0.2, 0.25) is 0 Å². The third-order valence-electron chi connectivity index (χ3n) is 5.40. The summed E-state index contributed by atoms with van der Waals surface area (Å²) in [5, 5.41) is 8.98. The second kappa shape index (κ2) is 8.17. The summed E-state index contributed by atoms with van der Waals surface area (Å²) in [5.74, 6) is 0.727. The van der Waals surface area contributed by atoms with Gasteiger partial charge in [-0.25, -0.2) is 0 Å². The predicted octanol–water partition coefficient (Wildman–Crippen LogP) is 3.47. The highest BCUT2D eigenvalue weighted by molar-refractivity contribution is 7.10. The Kier molecular flexibility index (Phi) is 6.19. The summed E-state index contributed by atoms with van der Waals surface area (Å²) in [6.07, 6.45) is 8.25. The smallest absolute Gasteiger partial charge is 0.252 e. The molecule has 24 heavy (non-hydrogen) atoms. The number of hydrogen-bond acceptors (Lipinski definition) is 4. The molecule has 1 aliphatic heterocycles. The van der Waals surface area contributed by atoms with Gasteiger partial charge >= 0.3 is 0 Å². The van der Waals surface area contributed by atoms with Crippen molar-refractivity contribution in [3.05, 3.63) is 21.9 Å². The summed E-state index contributed by atoms with van der Waals surface area (Å²) in [7, 11) is 0. The van der Waals surface area contributed by atoms with Crippen LogP contribution in [0, 0.1) is 0 Å². The molecule has 2 atom stereocenters. The minimum atomic E-state index is 0. The maximum absolute atomic E-state index is 12.3. The van der Waals surface area contributed by atoms with E-state index in [0.717, 1.165) is 44.5 Å². The molecule has 0 aromatic carbocycles. The highest BCUT2D eigenvalue weighted by Gasteiger charge is 2.40. The Morgan fingerprint density at radius 2 is 1.88 bits per heavy atom. The van der Waals surface area contributed by atoms with Crippen molar-refractivity contribution in [2.45, 2.75) is 69.0 Å². The number of thiophene rings is 1. The number of amides is 1. The van der Waals surface area contributed by atoms with Crippen LogP contribution in [0.15, 0.2) is 11.4 Å². The van der Waals surface area contributed by atoms with Gasteiger partial charge in [0.25, 0.3) is 5.91 Å². The molecule has 0 radical (unpaired) electrons. The summed E-state index contributed by atoms with van der Waals surface area (Å²) >= 11 is 1.75. The largest absolute Gasteiger partial charge is 0.381 e. The molecule has 1 amide bonds. The standard InChI is InChI=1S/C18H26N2O2S.ClH/c21-18(20-13-3-1-2-4-13)12-9-17(23-11-12)15-10-16(15)19-14-5-7-22-8-6-14;/h9,11,13-16,19H,1-8,10H2,(H,20,21);1H/t15-,16-;/m1./s1. The highest BCUT2D eigenvalue weighted by atomic mass is 35.5. The minimum absolute atomic E-state index is 0. The molecule has 6 heteroatoms. The van der Waals surface area contributed by atoms with Crippen LogP contribution in [0.1, 0.15) is 66.1 Å². The summed E-state index contributed by atoms with van der Waals surface area (Å²) in [4.78, 5) is 13.7. The van der Waals surface area contributed by atoms with E-state index in [0.29, 0.717) is 24.0 Å². The third-order valence-corrected chi connectivity index (χ3v) is 6.46. The van der Waals surface area contributed by atoms with Gasteiger partial charge in [-0.3, -0.25) is 4.79 Å². The first-order chi connectivity index (χ1) is 11.3. The quantitative estimate of drug-likeness (QED) is 0.834. The summed E-state index contributed by atoms with van der Waals surface area (Å²) in [6.45, 7) is 1.78. The predicted molar refractivity (Wildman–Crippen MR) is 99.4 cm³/mol. The van der Waals surface area contributed by atoms with Gasteiger partial charge < -0.3 is 15.4 Å². The molecule has 1 saturated heterocycles. The SMILES string of the molecule is Cl.O=C(NC1CCCC1)c1csc([C@@H]2C[C@H]2NC2CCOCC2)c1. The van der Waals surface area contributed by atoms with Gasteiger partial charge in [-0.2, -0.15) is 0 Å². The number of carbonyl (C=O) groups excluding carboxylic acids is 1. The molecule has 2 aliphatic carbocycles. The van der Waals surface area contributed by atoms with Crippen molar-refractivity contribution >= 4 is 29.7 Å². The van der Waals surface area contributed by atoms with Crippen molar-refractivity contribution in [1.29, 1.82) is 0 Å². The van der Waals surface area contributed by atoms with E-state index in [4.69, 9.17) is 4.74 Å². The Morgan fingerprint density at radius 3 is 2.62 bits per heavy atom. The van der Waals surface area contributed by atoms with Crippen LogP contribution >= 0.6 is 23.7 Å². The Hall–Kier alpha value is -0.620. The molecule has 2 heterocycles. The molecule has 0 spiro atoms. The highest BCUT2D eigenvalue weighted by Crippen LogP contribution is 2.44. The summed E-state index contributed by atoms with van der Waals surface area (Å²) < 4.78 is 5.41. The number of rotatable bonds is 5. The van der Waals surface area contributed by atoms with E-state index < -0.39 is 0 Å². The lowest BCUT2D eigenvalue weighted by atomic mass is 10.1. The lowest BCUT2D eigenvalue weighted by Gasteiger charge is -2.23. The van der Waals surface area contributed by atoms with Gasteiger partial charge in [0.2, 0.25) is 0 Å². The second-order valence-corrected chi connectivity index (χ2v) is 8.14. The van der Waals surface area contributed by atoms with Gasteiger partial charge in [0.05, 0.1) is 5.56 Å². The Labute approximate surface area is 154 Å².